The molecule has 27 heavy (non-hydrogen) atoms. The Bertz CT molecular complexity index is 501. The van der Waals surface area contributed by atoms with Gasteiger partial charge in [0.15, 0.2) is 0 Å². The molecule has 1 saturated carbocycles. The number of hydrogen-bond acceptors (Lipinski definition) is 5. The zero-order valence-corrected chi connectivity index (χ0v) is 15.4. The second-order valence-corrected chi connectivity index (χ2v) is 7.94. The molecule has 0 aromatic rings. The second-order valence-electron chi connectivity index (χ2n) is 7.94. The van der Waals surface area contributed by atoms with Crippen LogP contribution < -0.4 is 5.32 Å². The molecule has 3 aliphatic rings. The van der Waals surface area contributed by atoms with E-state index in [1.54, 1.807) is 4.90 Å². The van der Waals surface area contributed by atoms with Crippen LogP contribution in [0.25, 0.3) is 0 Å². The lowest BCUT2D eigenvalue weighted by molar-refractivity contribution is -0.169. The van der Waals surface area contributed by atoms with Crippen LogP contribution in [0, 0.1) is 5.92 Å². The number of amides is 1. The molecule has 2 N–H and O–H groups in total. The molecule has 3 rings (SSSR count). The number of hydrogen-bond donors (Lipinski definition) is 2. The highest BCUT2D eigenvalue weighted by molar-refractivity contribution is 5.76. The number of ether oxygens (including phenoxy) is 2. The van der Waals surface area contributed by atoms with Crippen molar-refractivity contribution in [3.8, 4) is 0 Å². The molecule has 1 amide bonds. The van der Waals surface area contributed by atoms with Gasteiger partial charge in [-0.15, -0.1) is 0 Å². The van der Waals surface area contributed by atoms with E-state index in [0.717, 1.165) is 0 Å². The largest absolute Gasteiger partial charge is 0.390 e. The van der Waals surface area contributed by atoms with E-state index in [2.05, 4.69) is 5.32 Å². The molecule has 0 unspecified atom stereocenters. The van der Waals surface area contributed by atoms with E-state index in [1.807, 2.05) is 0 Å². The molecule has 0 radical (unpaired) electrons. The lowest BCUT2D eigenvalue weighted by Gasteiger charge is -2.44. The molecule has 0 aromatic carbocycles. The Hall–Kier alpha value is -0.900. The number of carbonyl (C=O) groups is 1. The van der Waals surface area contributed by atoms with Crippen LogP contribution in [-0.2, 0) is 14.3 Å². The molecular formula is C18H29F3N2O4. The maximum absolute atomic E-state index is 12.7. The van der Waals surface area contributed by atoms with Crippen molar-refractivity contribution in [2.75, 3.05) is 32.8 Å². The van der Waals surface area contributed by atoms with Gasteiger partial charge >= 0.3 is 6.18 Å². The number of rotatable bonds is 6. The quantitative estimate of drug-likeness (QED) is 0.714. The number of nitrogens with zero attached hydrogens (tertiary/aromatic N) is 1. The van der Waals surface area contributed by atoms with Gasteiger partial charge in [0.2, 0.25) is 5.91 Å². The monoisotopic (exact) mass is 394 g/mol. The van der Waals surface area contributed by atoms with E-state index < -0.39 is 18.7 Å². The summed E-state index contributed by atoms with van der Waals surface area (Å²) in [4.78, 5) is 13.7. The Morgan fingerprint density at radius 2 is 1.96 bits per heavy atom. The van der Waals surface area contributed by atoms with Crippen molar-refractivity contribution in [2.45, 2.75) is 69.1 Å². The highest BCUT2D eigenvalue weighted by Gasteiger charge is 2.39. The molecule has 4 atom stereocenters. The molecule has 2 aliphatic heterocycles. The van der Waals surface area contributed by atoms with Gasteiger partial charge in [0, 0.05) is 25.7 Å². The number of carbonyl (C=O) groups excluding carboxylic acids is 1. The molecule has 2 saturated heterocycles. The average Bonchev–Trinajstić information content (AvgIpc) is 3.39. The minimum atomic E-state index is -4.24. The van der Waals surface area contributed by atoms with Crippen molar-refractivity contribution in [2.24, 2.45) is 5.92 Å². The van der Waals surface area contributed by atoms with Crippen molar-refractivity contribution >= 4 is 5.91 Å². The fraction of sp³-hybridized carbons (Fsp3) is 0.944. The fourth-order valence-corrected chi connectivity index (χ4v) is 3.83. The number of nitrogens with one attached hydrogen (secondary N) is 1. The van der Waals surface area contributed by atoms with E-state index in [-0.39, 0.29) is 56.9 Å². The summed E-state index contributed by atoms with van der Waals surface area (Å²) in [6, 6.07) is -0.243. The van der Waals surface area contributed by atoms with Crippen molar-refractivity contribution in [3.05, 3.63) is 0 Å². The summed E-state index contributed by atoms with van der Waals surface area (Å²) in [5.74, 6) is 0.569. The Morgan fingerprint density at radius 1 is 1.19 bits per heavy atom. The number of alkyl halides is 3. The molecule has 3 fully saturated rings. The van der Waals surface area contributed by atoms with Crippen LogP contribution in [0.3, 0.4) is 0 Å². The molecule has 156 valence electrons. The van der Waals surface area contributed by atoms with Crippen LogP contribution in [0.4, 0.5) is 13.2 Å². The maximum Gasteiger partial charge on any atom is 0.390 e. The van der Waals surface area contributed by atoms with Crippen molar-refractivity contribution in [1.82, 2.24) is 10.2 Å². The Labute approximate surface area is 157 Å². The lowest BCUT2D eigenvalue weighted by atomic mass is 9.94. The summed E-state index contributed by atoms with van der Waals surface area (Å²) in [5, 5.41) is 12.9. The molecule has 0 aromatic heterocycles. The van der Waals surface area contributed by atoms with Crippen molar-refractivity contribution in [3.63, 3.8) is 0 Å². The Kier molecular flexibility index (Phi) is 6.99. The number of halogens is 3. The van der Waals surface area contributed by atoms with E-state index in [9.17, 15) is 23.1 Å². The average molecular weight is 394 g/mol. The first kappa shape index (κ1) is 20.8. The third kappa shape index (κ3) is 6.89. The summed E-state index contributed by atoms with van der Waals surface area (Å²) in [6.07, 6.45) is -2.78. The third-order valence-corrected chi connectivity index (χ3v) is 5.47. The zero-order chi connectivity index (χ0) is 19.4. The van der Waals surface area contributed by atoms with Crippen LogP contribution in [0.2, 0.25) is 0 Å². The van der Waals surface area contributed by atoms with Gasteiger partial charge in [-0.3, -0.25) is 9.69 Å². The summed E-state index contributed by atoms with van der Waals surface area (Å²) in [6.45, 7) is 0.959. The van der Waals surface area contributed by atoms with Gasteiger partial charge in [0.05, 0.1) is 44.4 Å². The molecule has 0 spiro atoms. The standard InChI is InChI=1S/C18H29F3N2O4/c19-18(20,21)5-6-23-9-13(24)10-26-11-16-15(23)4-3-14(27-16)7-17(25)22-8-12-1-2-12/h12-16,24H,1-11H2,(H,22,25)/t13-,14-,15+,16-/m0/s1. The van der Waals surface area contributed by atoms with Gasteiger partial charge in [-0.1, -0.05) is 0 Å². The van der Waals surface area contributed by atoms with Gasteiger partial charge < -0.3 is 19.9 Å². The Balaban J connectivity index is 1.54. The predicted molar refractivity (Wildman–Crippen MR) is 91.1 cm³/mol. The smallest absolute Gasteiger partial charge is 0.389 e. The molecule has 2 heterocycles. The minimum Gasteiger partial charge on any atom is -0.389 e. The van der Waals surface area contributed by atoms with Crippen molar-refractivity contribution < 1.29 is 32.5 Å². The number of aliphatic hydroxyl groups excluding tert-OH is 1. The van der Waals surface area contributed by atoms with Gasteiger partial charge in [0.25, 0.3) is 0 Å². The van der Waals surface area contributed by atoms with E-state index >= 15 is 0 Å². The summed E-state index contributed by atoms with van der Waals surface area (Å²) in [5.41, 5.74) is 0. The second kappa shape index (κ2) is 9.07. The third-order valence-electron chi connectivity index (χ3n) is 5.47. The van der Waals surface area contributed by atoms with Gasteiger partial charge in [-0.25, -0.2) is 0 Å². The van der Waals surface area contributed by atoms with E-state index in [1.165, 1.54) is 12.8 Å². The topological polar surface area (TPSA) is 71.0 Å². The summed E-state index contributed by atoms with van der Waals surface area (Å²) >= 11 is 0. The van der Waals surface area contributed by atoms with Crippen LogP contribution in [0.1, 0.15) is 38.5 Å². The van der Waals surface area contributed by atoms with E-state index in [4.69, 9.17) is 9.47 Å². The zero-order valence-electron chi connectivity index (χ0n) is 15.4. The SMILES string of the molecule is O=C(C[C@@H]1CC[C@@H]2[C@H](COC[C@@H](O)CN2CCC(F)(F)F)O1)NCC1CC1. The highest BCUT2D eigenvalue weighted by atomic mass is 19.4. The minimum absolute atomic E-state index is 0.0403. The first-order valence-electron chi connectivity index (χ1n) is 9.79. The van der Waals surface area contributed by atoms with Crippen LogP contribution in [0.5, 0.6) is 0 Å². The number of β-amino-alcohol motifs (C(OH)–C–C–N with tert-alkyl or cyclic N) is 1. The first-order chi connectivity index (χ1) is 12.8. The molecule has 6 nitrogen and oxygen atoms in total. The molecular weight excluding hydrogens is 365 g/mol. The van der Waals surface area contributed by atoms with Crippen LogP contribution >= 0.6 is 0 Å². The highest BCUT2D eigenvalue weighted by Crippen LogP contribution is 2.30. The molecule has 9 heteroatoms. The summed E-state index contributed by atoms with van der Waals surface area (Å²) in [7, 11) is 0. The maximum atomic E-state index is 12.7. The normalized spacial score (nSPS) is 33.0. The lowest BCUT2D eigenvalue weighted by Crippen LogP contribution is -2.56. The number of aliphatic hydroxyl groups is 1. The Morgan fingerprint density at radius 3 is 2.67 bits per heavy atom. The first-order valence-corrected chi connectivity index (χ1v) is 9.79. The predicted octanol–water partition coefficient (Wildman–Crippen LogP) is 1.46. The number of fused-ring (bicyclic) bond motifs is 1. The van der Waals surface area contributed by atoms with Crippen molar-refractivity contribution in [1.29, 1.82) is 0 Å². The van der Waals surface area contributed by atoms with Gasteiger partial charge in [0.1, 0.15) is 0 Å². The van der Waals surface area contributed by atoms with Gasteiger partial charge in [-0.2, -0.15) is 13.2 Å². The molecule has 1 aliphatic carbocycles. The van der Waals surface area contributed by atoms with Gasteiger partial charge in [-0.05, 0) is 31.6 Å². The van der Waals surface area contributed by atoms with Crippen LogP contribution in [0.15, 0.2) is 0 Å². The molecule has 0 bridgehead atoms. The summed E-state index contributed by atoms with van der Waals surface area (Å²) < 4.78 is 49.5. The van der Waals surface area contributed by atoms with E-state index in [0.29, 0.717) is 25.3 Å². The fourth-order valence-electron chi connectivity index (χ4n) is 3.83. The van der Waals surface area contributed by atoms with Crippen LogP contribution in [-0.4, -0.2) is 79.3 Å².